The molecule has 4 rings (SSSR count). The summed E-state index contributed by atoms with van der Waals surface area (Å²) in [6.45, 7) is 1.79. The monoisotopic (exact) mass is 577 g/mol. The fraction of sp³-hybridized carbons (Fsp3) is 0.344. The highest BCUT2D eigenvalue weighted by Gasteiger charge is 2.21. The van der Waals surface area contributed by atoms with Gasteiger partial charge in [0.25, 0.3) is 5.91 Å². The van der Waals surface area contributed by atoms with Crippen LogP contribution in [0.25, 0.3) is 0 Å². The number of carboxylic acids is 1. The van der Waals surface area contributed by atoms with Crippen LogP contribution in [0.4, 0.5) is 10.5 Å². The van der Waals surface area contributed by atoms with Gasteiger partial charge < -0.3 is 20.8 Å². The third-order valence-electron chi connectivity index (χ3n) is 7.53. The molecule has 0 radical (unpaired) electrons. The van der Waals surface area contributed by atoms with E-state index in [9.17, 15) is 19.5 Å². The number of rotatable bonds is 10. The Balaban J connectivity index is 1.50. The molecule has 1 fully saturated rings. The maximum absolute atomic E-state index is 13.6. The van der Waals surface area contributed by atoms with Crippen molar-refractivity contribution in [2.75, 3.05) is 11.4 Å². The van der Waals surface area contributed by atoms with Gasteiger partial charge in [0.1, 0.15) is 0 Å². The van der Waals surface area contributed by atoms with E-state index < -0.39 is 24.5 Å². The molecular formula is C32H36ClN3O5. The lowest BCUT2D eigenvalue weighted by molar-refractivity contribution is -0.146. The normalized spacial score (nSPS) is 15.0. The van der Waals surface area contributed by atoms with Crippen molar-refractivity contribution in [3.05, 3.63) is 100 Å². The Morgan fingerprint density at radius 3 is 2.17 bits per heavy atom. The molecule has 216 valence electrons. The van der Waals surface area contributed by atoms with Gasteiger partial charge in [-0.1, -0.05) is 67.3 Å². The first-order chi connectivity index (χ1) is 19.7. The number of carboxylic acid groups (broad SMARTS) is 1. The number of nitrogens with one attached hydrogen (secondary N) is 2. The predicted molar refractivity (Wildman–Crippen MR) is 159 cm³/mol. The molecule has 8 nitrogen and oxygen atoms in total. The summed E-state index contributed by atoms with van der Waals surface area (Å²) in [4.78, 5) is 38.5. The van der Waals surface area contributed by atoms with E-state index in [4.69, 9.17) is 16.7 Å². The summed E-state index contributed by atoms with van der Waals surface area (Å²) < 4.78 is 0. The molecule has 1 aliphatic carbocycles. The molecule has 0 bridgehead atoms. The van der Waals surface area contributed by atoms with E-state index in [1.165, 1.54) is 37.7 Å². The second kappa shape index (κ2) is 14.1. The highest BCUT2D eigenvalue weighted by Crippen LogP contribution is 2.33. The van der Waals surface area contributed by atoms with Gasteiger partial charge in [-0.05, 0) is 78.8 Å². The minimum Gasteiger partial charge on any atom is -0.479 e. The molecule has 0 heterocycles. The van der Waals surface area contributed by atoms with Gasteiger partial charge in [-0.15, -0.1) is 0 Å². The summed E-state index contributed by atoms with van der Waals surface area (Å²) in [6, 6.07) is 21.8. The minimum atomic E-state index is -1.68. The Bertz CT molecular complexity index is 1320. The van der Waals surface area contributed by atoms with Crippen LogP contribution in [0.5, 0.6) is 0 Å². The molecule has 1 saturated carbocycles. The summed E-state index contributed by atoms with van der Waals surface area (Å²) in [5.41, 5.74) is 4.11. The number of nitrogens with zero attached hydrogens (tertiary/aromatic N) is 1. The fourth-order valence-corrected chi connectivity index (χ4v) is 5.19. The summed E-state index contributed by atoms with van der Waals surface area (Å²) in [7, 11) is 0. The number of aliphatic hydroxyl groups excluding tert-OH is 1. The van der Waals surface area contributed by atoms with Gasteiger partial charge in [-0.25, -0.2) is 9.59 Å². The Morgan fingerprint density at radius 1 is 0.927 bits per heavy atom. The molecule has 9 heteroatoms. The smallest absolute Gasteiger partial charge is 0.334 e. The number of anilines is 1. The molecule has 41 heavy (non-hydrogen) atoms. The number of aliphatic hydroxyl groups is 1. The zero-order chi connectivity index (χ0) is 29.4. The van der Waals surface area contributed by atoms with Gasteiger partial charge in [0.2, 0.25) is 0 Å². The molecule has 0 saturated heterocycles. The number of urea groups is 1. The van der Waals surface area contributed by atoms with Gasteiger partial charge in [0.15, 0.2) is 6.10 Å². The molecule has 3 aromatic carbocycles. The predicted octanol–water partition coefficient (Wildman–Crippen LogP) is 6.04. The number of hydrogen-bond donors (Lipinski definition) is 4. The van der Waals surface area contributed by atoms with Crippen molar-refractivity contribution in [1.82, 2.24) is 10.6 Å². The summed E-state index contributed by atoms with van der Waals surface area (Å²) in [5, 5.41) is 24.3. The molecule has 0 spiro atoms. The quantitative estimate of drug-likeness (QED) is 0.234. The number of benzene rings is 3. The lowest BCUT2D eigenvalue weighted by Gasteiger charge is -2.27. The highest BCUT2D eigenvalue weighted by atomic mass is 35.5. The lowest BCUT2D eigenvalue weighted by Crippen LogP contribution is -2.40. The zero-order valence-corrected chi connectivity index (χ0v) is 23.8. The second-order valence-corrected chi connectivity index (χ2v) is 10.9. The average Bonchev–Trinajstić information content (AvgIpc) is 2.99. The second-order valence-electron chi connectivity index (χ2n) is 10.5. The van der Waals surface area contributed by atoms with Gasteiger partial charge in [-0.2, -0.15) is 0 Å². The van der Waals surface area contributed by atoms with E-state index >= 15 is 0 Å². The number of halogens is 1. The third kappa shape index (κ3) is 8.31. The molecule has 4 N–H and O–H groups in total. The van der Waals surface area contributed by atoms with Gasteiger partial charge in [0, 0.05) is 16.3 Å². The van der Waals surface area contributed by atoms with Gasteiger partial charge >= 0.3 is 12.0 Å². The van der Waals surface area contributed by atoms with Crippen molar-refractivity contribution in [1.29, 1.82) is 0 Å². The van der Waals surface area contributed by atoms with E-state index in [2.05, 4.69) is 22.8 Å². The van der Waals surface area contributed by atoms with Crippen molar-refractivity contribution in [2.45, 2.75) is 63.6 Å². The molecule has 3 aromatic rings. The van der Waals surface area contributed by atoms with E-state index in [1.54, 1.807) is 41.3 Å². The number of amides is 3. The Kier molecular flexibility index (Phi) is 10.4. The average molecular weight is 578 g/mol. The van der Waals surface area contributed by atoms with Crippen molar-refractivity contribution in [3.63, 3.8) is 0 Å². The van der Waals surface area contributed by atoms with Crippen LogP contribution < -0.4 is 15.5 Å². The van der Waals surface area contributed by atoms with Crippen LogP contribution in [0.15, 0.2) is 72.8 Å². The van der Waals surface area contributed by atoms with Crippen LogP contribution in [0, 0.1) is 0 Å². The topological polar surface area (TPSA) is 119 Å². The summed E-state index contributed by atoms with van der Waals surface area (Å²) in [5.74, 6) is -1.35. The van der Waals surface area contributed by atoms with Crippen molar-refractivity contribution in [2.24, 2.45) is 0 Å². The third-order valence-corrected chi connectivity index (χ3v) is 7.79. The minimum absolute atomic E-state index is 0.254. The van der Waals surface area contributed by atoms with Crippen LogP contribution in [0.3, 0.4) is 0 Å². The molecule has 0 aliphatic heterocycles. The van der Waals surface area contributed by atoms with Gasteiger partial charge in [0.05, 0.1) is 19.1 Å². The van der Waals surface area contributed by atoms with Crippen LogP contribution in [-0.4, -0.2) is 40.8 Å². The van der Waals surface area contributed by atoms with Crippen LogP contribution >= 0.6 is 11.6 Å². The van der Waals surface area contributed by atoms with Crippen molar-refractivity contribution in [3.8, 4) is 0 Å². The number of carbonyl (C=O) groups excluding carboxylic acids is 2. The fourth-order valence-electron chi connectivity index (χ4n) is 5.06. The molecule has 2 unspecified atom stereocenters. The first kappa shape index (κ1) is 30.1. The first-order valence-corrected chi connectivity index (χ1v) is 14.3. The molecular weight excluding hydrogens is 542 g/mol. The van der Waals surface area contributed by atoms with Gasteiger partial charge in [-0.3, -0.25) is 9.69 Å². The zero-order valence-electron chi connectivity index (χ0n) is 23.1. The van der Waals surface area contributed by atoms with Crippen LogP contribution in [-0.2, 0) is 11.3 Å². The Hall–Kier alpha value is -3.88. The van der Waals surface area contributed by atoms with Crippen molar-refractivity contribution < 1.29 is 24.6 Å². The Morgan fingerprint density at radius 2 is 1.56 bits per heavy atom. The highest BCUT2D eigenvalue weighted by molar-refractivity contribution is 6.30. The summed E-state index contributed by atoms with van der Waals surface area (Å²) in [6.07, 6.45) is 4.49. The molecule has 2 atom stereocenters. The number of aliphatic carboxylic acids is 1. The standard InChI is InChI=1S/C32H36ClN3O5/c1-21(23-11-15-27(33)16-12-23)35-32(41)36(28-17-13-25(14-18-28)24-5-3-2-4-6-24)20-22-7-9-26(10-8-22)30(38)34-19-29(37)31(39)40/h7-18,21,24,29,37H,2-6,19-20H2,1H3,(H,34,38)(H,35,41)(H,39,40). The summed E-state index contributed by atoms with van der Waals surface area (Å²) >= 11 is 6.03. The molecule has 0 aromatic heterocycles. The maximum Gasteiger partial charge on any atom is 0.334 e. The SMILES string of the molecule is CC(NC(=O)N(Cc1ccc(C(=O)NCC(O)C(=O)O)cc1)c1ccc(C2CCCCC2)cc1)c1ccc(Cl)cc1. The largest absolute Gasteiger partial charge is 0.479 e. The first-order valence-electron chi connectivity index (χ1n) is 13.9. The van der Waals surface area contributed by atoms with Crippen LogP contribution in [0.2, 0.25) is 5.02 Å². The van der Waals surface area contributed by atoms with E-state index in [0.717, 1.165) is 16.8 Å². The molecule has 3 amide bonds. The molecule has 1 aliphatic rings. The van der Waals surface area contributed by atoms with E-state index in [1.807, 2.05) is 31.2 Å². The maximum atomic E-state index is 13.6. The Labute approximate surface area is 245 Å². The number of carbonyl (C=O) groups is 3. The van der Waals surface area contributed by atoms with E-state index in [-0.39, 0.29) is 18.6 Å². The lowest BCUT2D eigenvalue weighted by atomic mass is 9.84. The van der Waals surface area contributed by atoms with Crippen molar-refractivity contribution >= 4 is 35.2 Å². The van der Waals surface area contributed by atoms with E-state index in [0.29, 0.717) is 16.5 Å². The number of hydrogen-bond acceptors (Lipinski definition) is 4. The van der Waals surface area contributed by atoms with Crippen LogP contribution in [0.1, 0.15) is 78.0 Å².